The molecule has 0 unspecified atom stereocenters. The van der Waals surface area contributed by atoms with Gasteiger partial charge in [-0.05, 0) is 25.0 Å². The van der Waals surface area contributed by atoms with Gasteiger partial charge in [0.05, 0.1) is 17.2 Å². The van der Waals surface area contributed by atoms with Gasteiger partial charge in [-0.15, -0.1) is 0 Å². The molecule has 2 aliphatic heterocycles. The summed E-state index contributed by atoms with van der Waals surface area (Å²) < 4.78 is 6.20. The topological polar surface area (TPSA) is 102 Å². The monoisotopic (exact) mass is 384 g/mol. The zero-order chi connectivity index (χ0) is 19.7. The van der Waals surface area contributed by atoms with E-state index >= 15 is 0 Å². The van der Waals surface area contributed by atoms with E-state index in [1.54, 1.807) is 23.1 Å². The molecule has 0 radical (unpaired) electrons. The molecule has 0 aliphatic carbocycles. The van der Waals surface area contributed by atoms with Crippen molar-refractivity contribution in [3.63, 3.8) is 0 Å². The second-order valence-electron chi connectivity index (χ2n) is 6.94. The molecule has 9 nitrogen and oxygen atoms in total. The Morgan fingerprint density at radius 2 is 1.89 bits per heavy atom. The first-order valence-corrected chi connectivity index (χ1v) is 9.25. The predicted octanol–water partition coefficient (Wildman–Crippen LogP) is 0.756. The number of likely N-dealkylation sites (tertiary alicyclic amines) is 1. The molecule has 9 heteroatoms. The summed E-state index contributed by atoms with van der Waals surface area (Å²) in [6.45, 7) is 0.982. The van der Waals surface area contributed by atoms with Crippen LogP contribution in [0.15, 0.2) is 35.4 Å². The molecule has 146 valence electrons. The van der Waals surface area contributed by atoms with Gasteiger partial charge in [-0.2, -0.15) is 0 Å². The van der Waals surface area contributed by atoms with Gasteiger partial charge < -0.3 is 9.64 Å². The number of hydrogen-bond acceptors (Lipinski definition) is 6. The molecular formula is C19H20N4O5. The Morgan fingerprint density at radius 3 is 2.61 bits per heavy atom. The number of hydrogen-bond donors (Lipinski definition) is 0. The molecule has 2 aliphatic rings. The van der Waals surface area contributed by atoms with Gasteiger partial charge >= 0.3 is 6.09 Å². The van der Waals surface area contributed by atoms with Gasteiger partial charge in [0.2, 0.25) is 5.91 Å². The molecule has 28 heavy (non-hydrogen) atoms. The minimum atomic E-state index is -0.599. The highest BCUT2D eigenvalue weighted by atomic mass is 16.6. The van der Waals surface area contributed by atoms with Crippen LogP contribution in [0, 0.1) is 0 Å². The molecule has 1 aromatic heterocycles. The molecule has 2 saturated heterocycles. The number of carbonyl (C=O) groups is 3. The lowest BCUT2D eigenvalue weighted by Gasteiger charge is -2.34. The Bertz CT molecular complexity index is 977. The maximum Gasteiger partial charge on any atom is 0.417 e. The Hall–Kier alpha value is -3.23. The highest BCUT2D eigenvalue weighted by Crippen LogP contribution is 2.21. The second-order valence-corrected chi connectivity index (χ2v) is 6.94. The van der Waals surface area contributed by atoms with Crippen LogP contribution in [0.2, 0.25) is 0 Å². The summed E-state index contributed by atoms with van der Waals surface area (Å²) in [6, 6.07) is 6.88. The number of piperidine rings is 1. The van der Waals surface area contributed by atoms with E-state index in [1.165, 1.54) is 15.8 Å². The van der Waals surface area contributed by atoms with Crippen molar-refractivity contribution in [1.82, 2.24) is 19.4 Å². The number of para-hydroxylation sites is 1. The molecule has 0 N–H and O–H groups in total. The van der Waals surface area contributed by atoms with Crippen LogP contribution < -0.4 is 5.56 Å². The van der Waals surface area contributed by atoms with E-state index < -0.39 is 6.09 Å². The first-order valence-electron chi connectivity index (χ1n) is 9.25. The molecule has 0 bridgehead atoms. The molecule has 2 aromatic rings. The number of benzene rings is 1. The van der Waals surface area contributed by atoms with E-state index in [0.717, 1.165) is 0 Å². The van der Waals surface area contributed by atoms with Gasteiger partial charge in [-0.3, -0.25) is 19.0 Å². The van der Waals surface area contributed by atoms with Gasteiger partial charge in [-0.25, -0.2) is 14.7 Å². The second kappa shape index (κ2) is 7.41. The van der Waals surface area contributed by atoms with Gasteiger partial charge in [0.15, 0.2) is 6.61 Å². The summed E-state index contributed by atoms with van der Waals surface area (Å²) in [5.41, 5.74) is 0.468. The van der Waals surface area contributed by atoms with Crippen LogP contribution in [0.3, 0.4) is 0 Å². The third kappa shape index (κ3) is 3.35. The normalized spacial score (nSPS) is 18.0. The number of imide groups is 1. The van der Waals surface area contributed by atoms with Gasteiger partial charge in [0.25, 0.3) is 11.5 Å². The van der Waals surface area contributed by atoms with E-state index in [0.29, 0.717) is 36.8 Å². The number of rotatable bonds is 4. The molecule has 4 rings (SSSR count). The van der Waals surface area contributed by atoms with Crippen molar-refractivity contribution in [3.8, 4) is 0 Å². The molecule has 0 spiro atoms. The van der Waals surface area contributed by atoms with Crippen LogP contribution >= 0.6 is 0 Å². The lowest BCUT2D eigenvalue weighted by molar-refractivity contribution is -0.133. The minimum absolute atomic E-state index is 0.0613. The van der Waals surface area contributed by atoms with Crippen molar-refractivity contribution in [2.75, 3.05) is 19.7 Å². The smallest absolute Gasteiger partial charge is 0.417 e. The molecule has 1 aromatic carbocycles. The Morgan fingerprint density at radius 1 is 1.14 bits per heavy atom. The summed E-state index contributed by atoms with van der Waals surface area (Å²) in [7, 11) is 0. The average Bonchev–Trinajstić information content (AvgIpc) is 3.06. The van der Waals surface area contributed by atoms with E-state index in [4.69, 9.17) is 4.74 Å². The summed E-state index contributed by atoms with van der Waals surface area (Å²) in [5, 5.41) is 0.528. The number of ether oxygens (including phenoxy) is 1. The number of aromatic nitrogens is 2. The Kier molecular flexibility index (Phi) is 4.81. The highest BCUT2D eigenvalue weighted by molar-refractivity contribution is 5.98. The number of fused-ring (bicyclic) bond motifs is 1. The highest BCUT2D eigenvalue weighted by Gasteiger charge is 2.38. The first kappa shape index (κ1) is 18.1. The number of nitrogens with zero attached hydrogens (tertiary/aromatic N) is 4. The number of amides is 3. The average molecular weight is 384 g/mol. The molecule has 0 saturated carbocycles. The molecule has 3 heterocycles. The van der Waals surface area contributed by atoms with E-state index in [9.17, 15) is 19.2 Å². The summed E-state index contributed by atoms with van der Waals surface area (Å²) in [4.78, 5) is 55.5. The van der Waals surface area contributed by atoms with E-state index in [2.05, 4.69) is 4.98 Å². The van der Waals surface area contributed by atoms with Crippen LogP contribution in [-0.2, 0) is 20.9 Å². The van der Waals surface area contributed by atoms with Gasteiger partial charge in [-0.1, -0.05) is 12.1 Å². The molecule has 3 amide bonds. The van der Waals surface area contributed by atoms with E-state index in [-0.39, 0.29) is 43.0 Å². The minimum Gasteiger partial charge on any atom is -0.439 e. The molecule has 0 atom stereocenters. The SMILES string of the molecule is O=C(CCn1cnc2ccccc2c1=O)N1CCC(N2C(=O)COC2=O)CC1. The first-order chi connectivity index (χ1) is 13.5. The summed E-state index contributed by atoms with van der Waals surface area (Å²) in [5.74, 6) is -0.383. The molecular weight excluding hydrogens is 364 g/mol. The molecule has 2 fully saturated rings. The third-order valence-electron chi connectivity index (χ3n) is 5.26. The summed E-state index contributed by atoms with van der Waals surface area (Å²) in [6.07, 6.45) is 2.12. The summed E-state index contributed by atoms with van der Waals surface area (Å²) >= 11 is 0. The fourth-order valence-corrected chi connectivity index (χ4v) is 3.73. The van der Waals surface area contributed by atoms with Crippen LogP contribution in [0.5, 0.6) is 0 Å². The van der Waals surface area contributed by atoms with Crippen molar-refractivity contribution in [1.29, 1.82) is 0 Å². The maximum atomic E-state index is 12.5. The fourth-order valence-electron chi connectivity index (χ4n) is 3.73. The van der Waals surface area contributed by atoms with Crippen LogP contribution in [0.1, 0.15) is 19.3 Å². The van der Waals surface area contributed by atoms with Crippen molar-refractivity contribution in [3.05, 3.63) is 40.9 Å². The van der Waals surface area contributed by atoms with Gasteiger partial charge in [0.1, 0.15) is 0 Å². The lowest BCUT2D eigenvalue weighted by atomic mass is 10.0. The zero-order valence-electron chi connectivity index (χ0n) is 15.2. The Labute approximate surface area is 160 Å². The van der Waals surface area contributed by atoms with Crippen LogP contribution in [-0.4, -0.2) is 63.0 Å². The van der Waals surface area contributed by atoms with Crippen molar-refractivity contribution in [2.24, 2.45) is 0 Å². The predicted molar refractivity (Wildman–Crippen MR) is 98.4 cm³/mol. The third-order valence-corrected chi connectivity index (χ3v) is 5.26. The number of cyclic esters (lactones) is 1. The van der Waals surface area contributed by atoms with E-state index in [1.807, 2.05) is 6.07 Å². The van der Waals surface area contributed by atoms with Crippen molar-refractivity contribution >= 4 is 28.8 Å². The zero-order valence-corrected chi connectivity index (χ0v) is 15.2. The van der Waals surface area contributed by atoms with Crippen LogP contribution in [0.4, 0.5) is 4.79 Å². The number of aryl methyl sites for hydroxylation is 1. The van der Waals surface area contributed by atoms with Crippen molar-refractivity contribution < 1.29 is 19.1 Å². The van der Waals surface area contributed by atoms with Crippen LogP contribution in [0.25, 0.3) is 10.9 Å². The lowest BCUT2D eigenvalue weighted by Crippen LogP contribution is -2.48. The Balaban J connectivity index is 1.34. The van der Waals surface area contributed by atoms with Gasteiger partial charge in [0, 0.05) is 32.1 Å². The largest absolute Gasteiger partial charge is 0.439 e. The van der Waals surface area contributed by atoms with Crippen molar-refractivity contribution in [2.45, 2.75) is 31.8 Å². The maximum absolute atomic E-state index is 12.5. The standard InChI is InChI=1S/C19H20N4O5/c24-16(7-10-22-12-20-15-4-2-1-3-14(15)18(22)26)21-8-5-13(6-9-21)23-17(25)11-28-19(23)27/h1-4,12-13H,5-11H2. The number of carbonyl (C=O) groups excluding carboxylic acids is 3. The quantitative estimate of drug-likeness (QED) is 0.771. The fraction of sp³-hybridized carbons (Fsp3) is 0.421.